The third-order valence-corrected chi connectivity index (χ3v) is 6.98. The van der Waals surface area contributed by atoms with Crippen molar-refractivity contribution in [2.24, 2.45) is 7.05 Å². The molecule has 0 saturated carbocycles. The fourth-order valence-corrected chi connectivity index (χ4v) is 5.04. The van der Waals surface area contributed by atoms with Crippen molar-refractivity contribution in [3.05, 3.63) is 84.1 Å². The summed E-state index contributed by atoms with van der Waals surface area (Å²) in [6.45, 7) is 4.01. The van der Waals surface area contributed by atoms with Gasteiger partial charge in [0.25, 0.3) is 0 Å². The van der Waals surface area contributed by atoms with Crippen LogP contribution < -0.4 is 0 Å². The predicted molar refractivity (Wildman–Crippen MR) is 137 cm³/mol. The van der Waals surface area contributed by atoms with Gasteiger partial charge in [0.2, 0.25) is 0 Å². The van der Waals surface area contributed by atoms with E-state index in [1.165, 1.54) is 11.6 Å². The van der Waals surface area contributed by atoms with Crippen LogP contribution in [0.2, 0.25) is 0 Å². The number of benzene rings is 3. The molecule has 0 spiro atoms. The van der Waals surface area contributed by atoms with Crippen molar-refractivity contribution in [1.29, 1.82) is 0 Å². The monoisotopic (exact) mass is 470 g/mol. The van der Waals surface area contributed by atoms with Crippen molar-refractivity contribution < 1.29 is 10.2 Å². The Bertz CT molecular complexity index is 1470. The lowest BCUT2D eigenvalue weighted by Gasteiger charge is -2.15. The van der Waals surface area contributed by atoms with Gasteiger partial charge in [-0.05, 0) is 47.4 Å². The Morgan fingerprint density at radius 2 is 1.71 bits per heavy atom. The van der Waals surface area contributed by atoms with Crippen LogP contribution in [0.5, 0.6) is 11.5 Å². The first-order valence-electron chi connectivity index (χ1n) is 11.2. The number of aromatic nitrogens is 4. The van der Waals surface area contributed by atoms with Gasteiger partial charge in [-0.1, -0.05) is 55.9 Å². The van der Waals surface area contributed by atoms with Gasteiger partial charge >= 0.3 is 0 Å². The zero-order valence-corrected chi connectivity index (χ0v) is 20.1. The molecule has 0 aliphatic rings. The van der Waals surface area contributed by atoms with Crippen molar-refractivity contribution in [2.75, 3.05) is 0 Å². The first-order valence-corrected chi connectivity index (χ1v) is 12.1. The Hall–Kier alpha value is -3.71. The summed E-state index contributed by atoms with van der Waals surface area (Å²) in [6.07, 6.45) is 2.04. The number of fused-ring (bicyclic) bond motifs is 1. The maximum Gasteiger partial charge on any atom is 0.196 e. The Balaban J connectivity index is 1.66. The van der Waals surface area contributed by atoms with Crippen molar-refractivity contribution in [2.45, 2.75) is 30.7 Å². The van der Waals surface area contributed by atoms with E-state index in [1.54, 1.807) is 11.8 Å². The maximum absolute atomic E-state index is 10.8. The molecule has 0 amide bonds. The normalized spacial score (nSPS) is 11.5. The van der Waals surface area contributed by atoms with Gasteiger partial charge in [0.1, 0.15) is 11.5 Å². The predicted octanol–water partition coefficient (Wildman–Crippen LogP) is 6.25. The minimum Gasteiger partial charge on any atom is -0.508 e. The molecule has 0 aliphatic heterocycles. The minimum absolute atomic E-state index is 0.0315. The van der Waals surface area contributed by atoms with Gasteiger partial charge < -0.3 is 14.8 Å². The van der Waals surface area contributed by atoms with E-state index in [1.807, 2.05) is 62.0 Å². The molecule has 0 aliphatic carbocycles. The Morgan fingerprint density at radius 3 is 2.47 bits per heavy atom. The highest BCUT2D eigenvalue weighted by molar-refractivity contribution is 7.98. The van der Waals surface area contributed by atoms with Crippen molar-refractivity contribution >= 4 is 22.7 Å². The molecule has 2 N–H and O–H groups in total. The van der Waals surface area contributed by atoms with Crippen LogP contribution in [0.15, 0.2) is 78.1 Å². The van der Waals surface area contributed by atoms with Crippen molar-refractivity contribution in [3.63, 3.8) is 0 Å². The average Bonchev–Trinajstić information content (AvgIpc) is 3.41. The summed E-state index contributed by atoms with van der Waals surface area (Å²) in [5.41, 5.74) is 4.52. The first kappa shape index (κ1) is 22.1. The highest BCUT2D eigenvalue weighted by Gasteiger charge is 2.21. The number of phenols is 2. The van der Waals surface area contributed by atoms with E-state index in [4.69, 9.17) is 0 Å². The van der Waals surface area contributed by atoms with Gasteiger partial charge in [0.15, 0.2) is 11.0 Å². The zero-order valence-electron chi connectivity index (χ0n) is 19.3. The summed E-state index contributed by atoms with van der Waals surface area (Å²) in [7, 11) is 2.02. The minimum atomic E-state index is -0.0315. The fraction of sp³-hybridized carbons (Fsp3) is 0.185. The topological polar surface area (TPSA) is 76.1 Å². The van der Waals surface area contributed by atoms with E-state index in [-0.39, 0.29) is 17.4 Å². The van der Waals surface area contributed by atoms with Crippen LogP contribution in [0, 0.1) is 0 Å². The molecule has 2 aromatic heterocycles. The van der Waals surface area contributed by atoms with Crippen LogP contribution in [0.25, 0.3) is 28.0 Å². The number of rotatable bonds is 6. The maximum atomic E-state index is 10.8. The molecule has 0 fully saturated rings. The molecule has 0 unspecified atom stereocenters. The lowest BCUT2D eigenvalue weighted by molar-refractivity contribution is 0.444. The fourth-order valence-electron chi connectivity index (χ4n) is 4.14. The molecule has 5 aromatic rings. The van der Waals surface area contributed by atoms with Gasteiger partial charge in [0, 0.05) is 36.0 Å². The molecular weight excluding hydrogens is 444 g/mol. The number of hydrogen-bond acceptors (Lipinski definition) is 5. The summed E-state index contributed by atoms with van der Waals surface area (Å²) >= 11 is 1.59. The summed E-state index contributed by atoms with van der Waals surface area (Å²) in [5, 5.41) is 31.9. The molecule has 2 heterocycles. The second-order valence-electron chi connectivity index (χ2n) is 8.67. The van der Waals surface area contributed by atoms with Crippen LogP contribution in [0.3, 0.4) is 0 Å². The highest BCUT2D eigenvalue weighted by atomic mass is 32.2. The number of aromatic hydroxyl groups is 2. The zero-order chi connectivity index (χ0) is 23.8. The molecule has 172 valence electrons. The quantitative estimate of drug-likeness (QED) is 0.287. The average molecular weight is 471 g/mol. The van der Waals surface area contributed by atoms with E-state index in [0.717, 1.165) is 33.1 Å². The number of thioether (sulfide) groups is 1. The smallest absolute Gasteiger partial charge is 0.196 e. The summed E-state index contributed by atoms with van der Waals surface area (Å²) in [4.78, 5) is 0. The van der Waals surface area contributed by atoms with Gasteiger partial charge in [-0.2, -0.15) is 0 Å². The molecule has 34 heavy (non-hydrogen) atoms. The van der Waals surface area contributed by atoms with Crippen LogP contribution in [0.1, 0.15) is 30.9 Å². The molecular formula is C27H26N4O2S. The third-order valence-electron chi connectivity index (χ3n) is 5.98. The lowest BCUT2D eigenvalue weighted by Crippen LogP contribution is -2.01. The number of phenolic OH excluding ortho intramolecular Hbond substituents is 2. The number of aryl methyl sites for hydroxylation is 1. The van der Waals surface area contributed by atoms with Crippen molar-refractivity contribution in [3.8, 4) is 28.6 Å². The third kappa shape index (κ3) is 4.03. The van der Waals surface area contributed by atoms with Gasteiger partial charge in [0.05, 0.1) is 11.3 Å². The summed E-state index contributed by atoms with van der Waals surface area (Å²) in [5.74, 6) is 1.40. The van der Waals surface area contributed by atoms with Crippen LogP contribution in [0.4, 0.5) is 0 Å². The largest absolute Gasteiger partial charge is 0.508 e. The molecule has 3 aromatic carbocycles. The van der Waals surface area contributed by atoms with E-state index in [2.05, 4.69) is 45.1 Å². The van der Waals surface area contributed by atoms with Crippen LogP contribution in [-0.4, -0.2) is 29.5 Å². The molecule has 0 atom stereocenters. The number of nitrogens with zero attached hydrogens (tertiary/aromatic N) is 4. The van der Waals surface area contributed by atoms with Crippen LogP contribution in [-0.2, 0) is 12.8 Å². The summed E-state index contributed by atoms with van der Waals surface area (Å²) in [6, 6.07) is 21.7. The second-order valence-corrected chi connectivity index (χ2v) is 9.61. The van der Waals surface area contributed by atoms with E-state index in [0.29, 0.717) is 11.4 Å². The van der Waals surface area contributed by atoms with Gasteiger partial charge in [-0.3, -0.25) is 4.57 Å². The lowest BCUT2D eigenvalue weighted by atomic mass is 9.98. The Labute approximate surface area is 202 Å². The van der Waals surface area contributed by atoms with Gasteiger partial charge in [-0.15, -0.1) is 10.2 Å². The number of hydrogen-bond donors (Lipinski definition) is 2. The van der Waals surface area contributed by atoms with Crippen molar-refractivity contribution in [1.82, 2.24) is 19.3 Å². The Kier molecular flexibility index (Phi) is 5.79. The van der Waals surface area contributed by atoms with E-state index >= 15 is 0 Å². The second kappa shape index (κ2) is 8.91. The van der Waals surface area contributed by atoms with Crippen LogP contribution >= 0.6 is 11.8 Å². The molecule has 7 heteroatoms. The van der Waals surface area contributed by atoms with Gasteiger partial charge in [-0.25, -0.2) is 0 Å². The first-order chi connectivity index (χ1) is 16.4. The molecule has 6 nitrogen and oxygen atoms in total. The molecule has 0 bridgehead atoms. The molecule has 0 radical (unpaired) electrons. The molecule has 5 rings (SSSR count). The van der Waals surface area contributed by atoms with E-state index < -0.39 is 0 Å². The molecule has 0 saturated heterocycles. The van der Waals surface area contributed by atoms with E-state index in [9.17, 15) is 10.2 Å². The Morgan fingerprint density at radius 1 is 0.912 bits per heavy atom. The summed E-state index contributed by atoms with van der Waals surface area (Å²) < 4.78 is 4.06. The standard InChI is InChI=1S/C27H26N4O2S/c1-17(2)21-14-22(25(33)15-24(21)32)26-28-29-27(34-16-18-7-5-4-6-8-18)31(26)20-9-10-23-19(13-20)11-12-30(23)3/h4-15,17,32-33H,16H2,1-3H3. The highest BCUT2D eigenvalue weighted by Crippen LogP contribution is 2.39. The SMILES string of the molecule is CC(C)c1cc(-c2nnc(SCc3ccccc3)n2-c2ccc3c(ccn3C)c2)c(O)cc1O.